The molecule has 0 saturated heterocycles. The van der Waals surface area contributed by atoms with E-state index < -0.39 is 0 Å². The number of hydrogen-bond acceptors (Lipinski definition) is 3. The normalized spacial score (nSPS) is 12.8. The molecule has 0 aromatic heterocycles. The van der Waals surface area contributed by atoms with Crippen LogP contribution in [0.4, 0.5) is 0 Å². The standard InChI is InChI=1S/C15H20N2S/c1-18-10-9-14(17-16)11-13-7-4-6-12-5-2-3-8-15(12)13/h2-8,14,17H,9-11,16H2,1H3. The summed E-state index contributed by atoms with van der Waals surface area (Å²) >= 11 is 1.86. The first kappa shape index (κ1) is 13.4. The molecule has 0 radical (unpaired) electrons. The fraction of sp³-hybridized carbons (Fsp3) is 0.333. The minimum Gasteiger partial charge on any atom is -0.271 e. The fourth-order valence-corrected chi connectivity index (χ4v) is 2.76. The van der Waals surface area contributed by atoms with Crippen LogP contribution >= 0.6 is 11.8 Å². The molecule has 3 N–H and O–H groups in total. The number of benzene rings is 2. The number of nitrogens with one attached hydrogen (secondary N) is 1. The van der Waals surface area contributed by atoms with Crippen molar-refractivity contribution in [2.24, 2.45) is 5.84 Å². The Hall–Kier alpha value is -1.03. The number of nitrogens with two attached hydrogens (primary N) is 1. The second-order valence-electron chi connectivity index (χ2n) is 4.49. The first-order chi connectivity index (χ1) is 8.85. The van der Waals surface area contributed by atoms with Crippen LogP contribution in [0.1, 0.15) is 12.0 Å². The van der Waals surface area contributed by atoms with E-state index in [0.717, 1.165) is 18.6 Å². The second-order valence-corrected chi connectivity index (χ2v) is 5.47. The van der Waals surface area contributed by atoms with Crippen LogP contribution in [-0.2, 0) is 6.42 Å². The van der Waals surface area contributed by atoms with Gasteiger partial charge in [-0.2, -0.15) is 11.8 Å². The highest BCUT2D eigenvalue weighted by molar-refractivity contribution is 7.98. The molecule has 0 spiro atoms. The van der Waals surface area contributed by atoms with Gasteiger partial charge in [0.05, 0.1) is 0 Å². The van der Waals surface area contributed by atoms with Crippen LogP contribution in [0.15, 0.2) is 42.5 Å². The van der Waals surface area contributed by atoms with E-state index in [9.17, 15) is 0 Å². The molecule has 1 atom stereocenters. The largest absolute Gasteiger partial charge is 0.271 e. The van der Waals surface area contributed by atoms with Gasteiger partial charge in [0.25, 0.3) is 0 Å². The van der Waals surface area contributed by atoms with Crippen LogP contribution in [0.2, 0.25) is 0 Å². The van der Waals surface area contributed by atoms with Crippen molar-refractivity contribution in [3.8, 4) is 0 Å². The molecule has 1 unspecified atom stereocenters. The monoisotopic (exact) mass is 260 g/mol. The number of rotatable bonds is 6. The summed E-state index contributed by atoms with van der Waals surface area (Å²) in [5, 5.41) is 2.64. The van der Waals surface area contributed by atoms with Gasteiger partial charge in [-0.05, 0) is 41.2 Å². The maximum absolute atomic E-state index is 5.65. The highest BCUT2D eigenvalue weighted by Crippen LogP contribution is 2.20. The molecule has 2 nitrogen and oxygen atoms in total. The first-order valence-corrected chi connectivity index (χ1v) is 7.66. The highest BCUT2D eigenvalue weighted by atomic mass is 32.2. The van der Waals surface area contributed by atoms with E-state index in [1.165, 1.54) is 16.3 Å². The van der Waals surface area contributed by atoms with Crippen molar-refractivity contribution in [1.82, 2.24) is 5.43 Å². The van der Waals surface area contributed by atoms with Crippen molar-refractivity contribution < 1.29 is 0 Å². The van der Waals surface area contributed by atoms with Gasteiger partial charge in [-0.3, -0.25) is 11.3 Å². The van der Waals surface area contributed by atoms with Crippen LogP contribution in [0.5, 0.6) is 0 Å². The van der Waals surface area contributed by atoms with Gasteiger partial charge >= 0.3 is 0 Å². The van der Waals surface area contributed by atoms with Gasteiger partial charge in [0.1, 0.15) is 0 Å². The van der Waals surface area contributed by atoms with E-state index >= 15 is 0 Å². The SMILES string of the molecule is CSCCC(Cc1cccc2ccccc12)NN. The number of hydrazine groups is 1. The van der Waals surface area contributed by atoms with E-state index in [2.05, 4.69) is 54.1 Å². The van der Waals surface area contributed by atoms with Crippen LogP contribution in [0, 0.1) is 0 Å². The van der Waals surface area contributed by atoms with Crippen LogP contribution in [-0.4, -0.2) is 18.1 Å². The average molecular weight is 260 g/mol. The molecule has 2 aromatic carbocycles. The Labute approximate surface area is 113 Å². The molecule has 0 fully saturated rings. The lowest BCUT2D eigenvalue weighted by atomic mass is 9.98. The summed E-state index contributed by atoms with van der Waals surface area (Å²) in [4.78, 5) is 0. The fourth-order valence-electron chi connectivity index (χ4n) is 2.24. The molecule has 18 heavy (non-hydrogen) atoms. The topological polar surface area (TPSA) is 38.0 Å². The molecule has 0 bridgehead atoms. The van der Waals surface area contributed by atoms with Gasteiger partial charge in [0, 0.05) is 6.04 Å². The quantitative estimate of drug-likeness (QED) is 0.619. The summed E-state index contributed by atoms with van der Waals surface area (Å²) in [5.41, 5.74) is 4.31. The number of hydrogen-bond donors (Lipinski definition) is 2. The molecule has 0 aliphatic rings. The summed E-state index contributed by atoms with van der Waals surface area (Å²) in [6, 6.07) is 15.4. The summed E-state index contributed by atoms with van der Waals surface area (Å²) in [7, 11) is 0. The molecule has 0 saturated carbocycles. The summed E-state index contributed by atoms with van der Waals surface area (Å²) in [6.45, 7) is 0. The highest BCUT2D eigenvalue weighted by Gasteiger charge is 2.09. The van der Waals surface area contributed by atoms with Gasteiger partial charge in [-0.1, -0.05) is 42.5 Å². The second kappa shape index (κ2) is 6.78. The minimum atomic E-state index is 0.350. The Morgan fingerprint density at radius 3 is 2.72 bits per heavy atom. The zero-order valence-electron chi connectivity index (χ0n) is 10.7. The molecule has 96 valence electrons. The first-order valence-electron chi connectivity index (χ1n) is 6.27. The third kappa shape index (κ3) is 3.25. The third-order valence-electron chi connectivity index (χ3n) is 3.25. The summed E-state index contributed by atoms with van der Waals surface area (Å²) in [6.07, 6.45) is 4.21. The summed E-state index contributed by atoms with van der Waals surface area (Å²) in [5.74, 6) is 6.78. The van der Waals surface area contributed by atoms with Crippen molar-refractivity contribution in [3.63, 3.8) is 0 Å². The lowest BCUT2D eigenvalue weighted by Gasteiger charge is -2.16. The van der Waals surface area contributed by atoms with Crippen molar-refractivity contribution in [2.75, 3.05) is 12.0 Å². The Morgan fingerprint density at radius 1 is 1.17 bits per heavy atom. The van der Waals surface area contributed by atoms with E-state index in [1.54, 1.807) is 0 Å². The number of fused-ring (bicyclic) bond motifs is 1. The maximum Gasteiger partial charge on any atom is 0.0259 e. The van der Waals surface area contributed by atoms with Gasteiger partial charge in [-0.25, -0.2) is 0 Å². The van der Waals surface area contributed by atoms with Crippen molar-refractivity contribution in [3.05, 3.63) is 48.0 Å². The van der Waals surface area contributed by atoms with Crippen molar-refractivity contribution >= 4 is 22.5 Å². The minimum absolute atomic E-state index is 0.350. The summed E-state index contributed by atoms with van der Waals surface area (Å²) < 4.78 is 0. The van der Waals surface area contributed by atoms with E-state index in [1.807, 2.05) is 11.8 Å². The number of thioether (sulfide) groups is 1. The molecule has 2 rings (SSSR count). The lowest BCUT2D eigenvalue weighted by Crippen LogP contribution is -2.37. The molecule has 0 heterocycles. The molecular formula is C15H20N2S. The maximum atomic E-state index is 5.65. The third-order valence-corrected chi connectivity index (χ3v) is 3.90. The Morgan fingerprint density at radius 2 is 1.94 bits per heavy atom. The molecule has 0 amide bonds. The molecule has 0 aliphatic heterocycles. The van der Waals surface area contributed by atoms with Crippen LogP contribution in [0.3, 0.4) is 0 Å². The van der Waals surface area contributed by atoms with Gasteiger partial charge in [0.15, 0.2) is 0 Å². The van der Waals surface area contributed by atoms with E-state index in [-0.39, 0.29) is 0 Å². The van der Waals surface area contributed by atoms with Gasteiger partial charge in [0.2, 0.25) is 0 Å². The molecule has 0 aliphatic carbocycles. The smallest absolute Gasteiger partial charge is 0.0259 e. The zero-order valence-corrected chi connectivity index (χ0v) is 11.5. The van der Waals surface area contributed by atoms with E-state index in [0.29, 0.717) is 6.04 Å². The average Bonchev–Trinajstić information content (AvgIpc) is 2.43. The van der Waals surface area contributed by atoms with Crippen molar-refractivity contribution in [1.29, 1.82) is 0 Å². The van der Waals surface area contributed by atoms with Gasteiger partial charge < -0.3 is 0 Å². The van der Waals surface area contributed by atoms with Crippen molar-refractivity contribution in [2.45, 2.75) is 18.9 Å². The Balaban J connectivity index is 2.19. The molecule has 2 aromatic rings. The Kier molecular flexibility index (Phi) is 5.05. The van der Waals surface area contributed by atoms with E-state index in [4.69, 9.17) is 5.84 Å². The van der Waals surface area contributed by atoms with Crippen LogP contribution in [0.25, 0.3) is 10.8 Å². The zero-order chi connectivity index (χ0) is 12.8. The molecule has 3 heteroatoms. The van der Waals surface area contributed by atoms with Crippen LogP contribution < -0.4 is 11.3 Å². The molecular weight excluding hydrogens is 240 g/mol. The predicted molar refractivity (Wildman–Crippen MR) is 81.8 cm³/mol. The Bertz CT molecular complexity index is 493. The lowest BCUT2D eigenvalue weighted by molar-refractivity contribution is 0.516. The predicted octanol–water partition coefficient (Wildman–Crippen LogP) is 2.97. The van der Waals surface area contributed by atoms with Gasteiger partial charge in [-0.15, -0.1) is 0 Å².